The first kappa shape index (κ1) is 12.3. The molecule has 0 bridgehead atoms. The van der Waals surface area contributed by atoms with Crippen molar-refractivity contribution in [3.05, 3.63) is 47.7 Å². The van der Waals surface area contributed by atoms with Crippen molar-refractivity contribution in [2.45, 2.75) is 13.8 Å². The molecule has 0 fully saturated rings. The van der Waals surface area contributed by atoms with Crippen LogP contribution < -0.4 is 0 Å². The van der Waals surface area contributed by atoms with Gasteiger partial charge in [-0.2, -0.15) is 0 Å². The molecule has 0 atom stereocenters. The van der Waals surface area contributed by atoms with Crippen molar-refractivity contribution in [3.8, 4) is 0 Å². The van der Waals surface area contributed by atoms with E-state index in [0.717, 1.165) is 22.0 Å². The maximum absolute atomic E-state index is 11.2. The molecular weight excluding hydrogens is 226 g/mol. The molecule has 0 amide bonds. The summed E-state index contributed by atoms with van der Waals surface area (Å²) in [5, 5.41) is 1.13. The van der Waals surface area contributed by atoms with Crippen molar-refractivity contribution < 1.29 is 9.53 Å². The first-order valence-electron chi connectivity index (χ1n) is 5.91. The van der Waals surface area contributed by atoms with Crippen LogP contribution in [0, 0.1) is 6.92 Å². The standard InChI is InChI=1S/C15H15NO2/c1-3-18-15(17)7-6-12-9-11(2)13-5-4-8-16-14(13)10-12/h4-10H,3H2,1-2H3/b7-6+. The smallest absolute Gasteiger partial charge is 0.330 e. The quantitative estimate of drug-likeness (QED) is 0.612. The molecule has 0 N–H and O–H groups in total. The van der Waals surface area contributed by atoms with Crippen LogP contribution in [0.5, 0.6) is 0 Å². The van der Waals surface area contributed by atoms with E-state index in [9.17, 15) is 4.79 Å². The molecule has 1 heterocycles. The predicted molar refractivity (Wildman–Crippen MR) is 72.1 cm³/mol. The number of fused-ring (bicyclic) bond motifs is 1. The maximum atomic E-state index is 11.2. The van der Waals surface area contributed by atoms with Crippen LogP contribution in [-0.4, -0.2) is 17.6 Å². The maximum Gasteiger partial charge on any atom is 0.330 e. The average Bonchev–Trinajstić information content (AvgIpc) is 2.37. The Balaban J connectivity index is 2.32. The first-order chi connectivity index (χ1) is 8.70. The van der Waals surface area contributed by atoms with Crippen LogP contribution in [-0.2, 0) is 9.53 Å². The summed E-state index contributed by atoms with van der Waals surface area (Å²) in [6.07, 6.45) is 4.95. The van der Waals surface area contributed by atoms with E-state index in [-0.39, 0.29) is 5.97 Å². The number of benzene rings is 1. The minimum absolute atomic E-state index is 0.323. The lowest BCUT2D eigenvalue weighted by atomic mass is 10.1. The van der Waals surface area contributed by atoms with Gasteiger partial charge < -0.3 is 4.74 Å². The van der Waals surface area contributed by atoms with Crippen molar-refractivity contribution in [2.75, 3.05) is 6.61 Å². The SMILES string of the molecule is CCOC(=O)/C=C/c1cc(C)c2cccnc2c1. The topological polar surface area (TPSA) is 39.2 Å². The number of carbonyl (C=O) groups excluding carboxylic acids is 1. The third-order valence-electron chi connectivity index (χ3n) is 2.65. The molecule has 92 valence electrons. The van der Waals surface area contributed by atoms with Gasteiger partial charge in [0.05, 0.1) is 12.1 Å². The number of pyridine rings is 1. The van der Waals surface area contributed by atoms with E-state index in [1.54, 1.807) is 19.2 Å². The number of hydrogen-bond acceptors (Lipinski definition) is 3. The van der Waals surface area contributed by atoms with Crippen LogP contribution in [0.1, 0.15) is 18.1 Å². The zero-order valence-corrected chi connectivity index (χ0v) is 10.5. The molecule has 0 aliphatic carbocycles. The molecule has 0 aliphatic heterocycles. The lowest BCUT2D eigenvalue weighted by Crippen LogP contribution is -1.98. The largest absolute Gasteiger partial charge is 0.463 e. The second-order valence-corrected chi connectivity index (χ2v) is 3.99. The second kappa shape index (κ2) is 5.45. The highest BCUT2D eigenvalue weighted by molar-refractivity contribution is 5.89. The molecule has 0 saturated carbocycles. The molecule has 0 saturated heterocycles. The van der Waals surface area contributed by atoms with Crippen molar-refractivity contribution in [1.29, 1.82) is 0 Å². The van der Waals surface area contributed by atoms with E-state index in [4.69, 9.17) is 4.74 Å². The van der Waals surface area contributed by atoms with E-state index in [1.807, 2.05) is 31.2 Å². The summed E-state index contributed by atoms with van der Waals surface area (Å²) in [5.74, 6) is -0.323. The van der Waals surface area contributed by atoms with Crippen LogP contribution in [0.3, 0.4) is 0 Å². The zero-order chi connectivity index (χ0) is 13.0. The Morgan fingerprint density at radius 2 is 2.28 bits per heavy atom. The van der Waals surface area contributed by atoms with Crippen LogP contribution in [0.2, 0.25) is 0 Å². The summed E-state index contributed by atoms with van der Waals surface area (Å²) in [5.41, 5.74) is 3.02. The Hall–Kier alpha value is -2.16. The molecule has 0 radical (unpaired) electrons. The number of carbonyl (C=O) groups is 1. The highest BCUT2D eigenvalue weighted by atomic mass is 16.5. The molecule has 0 spiro atoms. The summed E-state index contributed by atoms with van der Waals surface area (Å²) in [6, 6.07) is 7.94. The molecule has 2 rings (SSSR count). The Kier molecular flexibility index (Phi) is 3.72. The average molecular weight is 241 g/mol. The number of aromatic nitrogens is 1. The summed E-state index contributed by atoms with van der Waals surface area (Å²) in [4.78, 5) is 15.6. The van der Waals surface area contributed by atoms with E-state index in [0.29, 0.717) is 6.61 Å². The van der Waals surface area contributed by atoms with Crippen molar-refractivity contribution in [2.24, 2.45) is 0 Å². The predicted octanol–water partition coefficient (Wildman–Crippen LogP) is 3.12. The molecular formula is C15H15NO2. The monoisotopic (exact) mass is 241 g/mol. The summed E-state index contributed by atoms with van der Waals surface area (Å²) in [6.45, 7) is 4.21. The lowest BCUT2D eigenvalue weighted by Gasteiger charge is -2.03. The number of ether oxygens (including phenoxy) is 1. The first-order valence-corrected chi connectivity index (χ1v) is 5.91. The van der Waals surface area contributed by atoms with Gasteiger partial charge in [-0.05, 0) is 43.2 Å². The normalized spacial score (nSPS) is 11.0. The molecule has 0 aliphatic rings. The van der Waals surface area contributed by atoms with Gasteiger partial charge in [0, 0.05) is 17.7 Å². The van der Waals surface area contributed by atoms with Gasteiger partial charge in [0.1, 0.15) is 0 Å². The van der Waals surface area contributed by atoms with Gasteiger partial charge in [0.2, 0.25) is 0 Å². The summed E-state index contributed by atoms with van der Waals surface area (Å²) < 4.78 is 4.84. The fraction of sp³-hybridized carbons (Fsp3) is 0.200. The van der Waals surface area contributed by atoms with Gasteiger partial charge in [0.25, 0.3) is 0 Å². The lowest BCUT2D eigenvalue weighted by molar-refractivity contribution is -0.137. The molecule has 1 aromatic heterocycles. The van der Waals surface area contributed by atoms with E-state index in [1.165, 1.54) is 6.08 Å². The Morgan fingerprint density at radius 1 is 1.44 bits per heavy atom. The molecule has 3 nitrogen and oxygen atoms in total. The van der Waals surface area contributed by atoms with E-state index in [2.05, 4.69) is 4.98 Å². The van der Waals surface area contributed by atoms with Crippen molar-refractivity contribution in [1.82, 2.24) is 4.98 Å². The number of esters is 1. The number of aryl methyl sites for hydroxylation is 1. The minimum Gasteiger partial charge on any atom is -0.463 e. The van der Waals surface area contributed by atoms with Gasteiger partial charge in [-0.15, -0.1) is 0 Å². The fourth-order valence-corrected chi connectivity index (χ4v) is 1.84. The number of nitrogens with zero attached hydrogens (tertiary/aromatic N) is 1. The Morgan fingerprint density at radius 3 is 3.06 bits per heavy atom. The van der Waals surface area contributed by atoms with Gasteiger partial charge >= 0.3 is 5.97 Å². The zero-order valence-electron chi connectivity index (χ0n) is 10.5. The van der Waals surface area contributed by atoms with Crippen molar-refractivity contribution in [3.63, 3.8) is 0 Å². The van der Waals surface area contributed by atoms with Crippen LogP contribution in [0.25, 0.3) is 17.0 Å². The van der Waals surface area contributed by atoms with Crippen LogP contribution in [0.15, 0.2) is 36.5 Å². The second-order valence-electron chi connectivity index (χ2n) is 3.99. The highest BCUT2D eigenvalue weighted by Crippen LogP contribution is 2.19. The minimum atomic E-state index is -0.323. The van der Waals surface area contributed by atoms with Crippen LogP contribution in [0.4, 0.5) is 0 Å². The van der Waals surface area contributed by atoms with Crippen molar-refractivity contribution >= 4 is 22.9 Å². The molecule has 2 aromatic rings. The molecule has 3 heteroatoms. The van der Waals surface area contributed by atoms with Gasteiger partial charge in [0.15, 0.2) is 0 Å². The van der Waals surface area contributed by atoms with Crippen LogP contribution >= 0.6 is 0 Å². The molecule has 18 heavy (non-hydrogen) atoms. The van der Waals surface area contributed by atoms with Gasteiger partial charge in [-0.1, -0.05) is 12.1 Å². The third-order valence-corrected chi connectivity index (χ3v) is 2.65. The van der Waals surface area contributed by atoms with Gasteiger partial charge in [-0.25, -0.2) is 4.79 Å². The number of rotatable bonds is 3. The summed E-state index contributed by atoms with van der Waals surface area (Å²) in [7, 11) is 0. The Bertz CT molecular complexity index is 602. The molecule has 0 unspecified atom stereocenters. The van der Waals surface area contributed by atoms with E-state index >= 15 is 0 Å². The molecule has 1 aromatic carbocycles. The number of hydrogen-bond donors (Lipinski definition) is 0. The summed E-state index contributed by atoms with van der Waals surface area (Å²) >= 11 is 0. The highest BCUT2D eigenvalue weighted by Gasteiger charge is 2.00. The Labute approximate surface area is 106 Å². The van der Waals surface area contributed by atoms with Gasteiger partial charge in [-0.3, -0.25) is 4.98 Å². The fourth-order valence-electron chi connectivity index (χ4n) is 1.84. The van der Waals surface area contributed by atoms with E-state index < -0.39 is 0 Å². The third kappa shape index (κ3) is 2.74.